The molecule has 2 aromatic rings. The fraction of sp³-hybridized carbons (Fsp3) is 0.231. The zero-order valence-electron chi connectivity index (χ0n) is 9.69. The van der Waals surface area contributed by atoms with E-state index in [1.807, 2.05) is 24.3 Å². The number of rotatable bonds is 2. The second-order valence-corrected chi connectivity index (χ2v) is 6.24. The summed E-state index contributed by atoms with van der Waals surface area (Å²) in [5.74, 6) is 0.731. The molecule has 0 saturated carbocycles. The summed E-state index contributed by atoms with van der Waals surface area (Å²) in [4.78, 5) is 11.7. The Morgan fingerprint density at radius 2 is 2.06 bits per heavy atom. The molecule has 1 heterocycles. The second-order valence-electron chi connectivity index (χ2n) is 3.98. The number of nitriles is 1. The number of benzene rings is 1. The number of hydrogen-bond acceptors (Lipinski definition) is 3. The summed E-state index contributed by atoms with van der Waals surface area (Å²) in [5.41, 5.74) is 0.973. The number of hydrogen-bond donors (Lipinski definition) is 0. The van der Waals surface area contributed by atoms with E-state index in [2.05, 4.69) is 12.5 Å². The minimum Gasteiger partial charge on any atom is -0.422 e. The number of para-hydroxylation sites is 1. The van der Waals surface area contributed by atoms with E-state index in [4.69, 9.17) is 9.68 Å². The summed E-state index contributed by atoms with van der Waals surface area (Å²) in [6.07, 6.45) is 4.18. The van der Waals surface area contributed by atoms with Gasteiger partial charge in [0.25, 0.3) is 0 Å². The average Bonchev–Trinajstić information content (AvgIpc) is 2.28. The van der Waals surface area contributed by atoms with Gasteiger partial charge >= 0.3 is 5.63 Å². The van der Waals surface area contributed by atoms with E-state index in [0.29, 0.717) is 5.58 Å². The van der Waals surface area contributed by atoms with Gasteiger partial charge in [0.2, 0.25) is 0 Å². The maximum atomic E-state index is 11.7. The average molecular weight is 246 g/mol. The van der Waals surface area contributed by atoms with Crippen LogP contribution in [0.5, 0.6) is 0 Å². The summed E-state index contributed by atoms with van der Waals surface area (Å²) in [5, 5.41) is 9.93. The van der Waals surface area contributed by atoms with Crippen molar-refractivity contribution < 1.29 is 4.42 Å². The van der Waals surface area contributed by atoms with Gasteiger partial charge in [-0.05, 0) is 17.0 Å². The number of nitrogens with zero attached hydrogens (tertiary/aromatic N) is 1. The van der Waals surface area contributed by atoms with Crippen molar-refractivity contribution in [3.63, 3.8) is 0 Å². The molecular formula is C13H12NO2S+. The van der Waals surface area contributed by atoms with E-state index in [-0.39, 0.29) is 16.5 Å². The van der Waals surface area contributed by atoms with E-state index >= 15 is 0 Å². The molecule has 86 valence electrons. The van der Waals surface area contributed by atoms with Crippen LogP contribution >= 0.6 is 0 Å². The van der Waals surface area contributed by atoms with Gasteiger partial charge in [0.05, 0.1) is 12.5 Å². The van der Waals surface area contributed by atoms with Crippen molar-refractivity contribution in [1.29, 1.82) is 5.26 Å². The molecule has 2 rings (SSSR count). The SMILES string of the molecule is C[S+](C)Cc1c(C#N)c(=O)oc2ccccc12. The van der Waals surface area contributed by atoms with Gasteiger partial charge in [-0.15, -0.1) is 0 Å². The van der Waals surface area contributed by atoms with Gasteiger partial charge in [-0.3, -0.25) is 0 Å². The van der Waals surface area contributed by atoms with Crippen LogP contribution in [0.1, 0.15) is 11.1 Å². The van der Waals surface area contributed by atoms with E-state index in [0.717, 1.165) is 16.7 Å². The molecule has 0 spiro atoms. The quantitative estimate of drug-likeness (QED) is 0.602. The Kier molecular flexibility index (Phi) is 3.21. The highest BCUT2D eigenvalue weighted by molar-refractivity contribution is 7.94. The molecule has 0 aliphatic carbocycles. The molecule has 0 N–H and O–H groups in total. The lowest BCUT2D eigenvalue weighted by atomic mass is 10.1. The molecular weight excluding hydrogens is 234 g/mol. The lowest BCUT2D eigenvalue weighted by Crippen LogP contribution is -2.12. The van der Waals surface area contributed by atoms with Crippen LogP contribution in [0.15, 0.2) is 33.5 Å². The molecule has 3 nitrogen and oxygen atoms in total. The zero-order valence-corrected chi connectivity index (χ0v) is 10.5. The van der Waals surface area contributed by atoms with Gasteiger partial charge in [0, 0.05) is 10.9 Å². The highest BCUT2D eigenvalue weighted by atomic mass is 32.2. The fourth-order valence-corrected chi connectivity index (χ4v) is 2.64. The molecule has 0 unspecified atom stereocenters. The predicted octanol–water partition coefficient (Wildman–Crippen LogP) is 2.04. The topological polar surface area (TPSA) is 54.0 Å². The van der Waals surface area contributed by atoms with Crippen LogP contribution in [0, 0.1) is 11.3 Å². The molecule has 4 heteroatoms. The van der Waals surface area contributed by atoms with E-state index in [1.165, 1.54) is 0 Å². The summed E-state index contributed by atoms with van der Waals surface area (Å²) in [6, 6.07) is 9.31. The van der Waals surface area contributed by atoms with Crippen LogP contribution in [0.2, 0.25) is 0 Å². The van der Waals surface area contributed by atoms with Gasteiger partial charge < -0.3 is 4.42 Å². The van der Waals surface area contributed by atoms with Crippen LogP contribution in [0.4, 0.5) is 0 Å². The second kappa shape index (κ2) is 4.64. The minimum absolute atomic E-state index is 0.126. The Morgan fingerprint density at radius 1 is 1.35 bits per heavy atom. The van der Waals surface area contributed by atoms with Crippen LogP contribution in [0.3, 0.4) is 0 Å². The van der Waals surface area contributed by atoms with Crippen molar-refractivity contribution in [3.8, 4) is 6.07 Å². The van der Waals surface area contributed by atoms with Crippen molar-refractivity contribution in [1.82, 2.24) is 0 Å². The van der Waals surface area contributed by atoms with Crippen molar-refractivity contribution in [3.05, 3.63) is 45.8 Å². The summed E-state index contributed by atoms with van der Waals surface area (Å²) < 4.78 is 5.13. The first-order valence-corrected chi connectivity index (χ1v) is 7.33. The van der Waals surface area contributed by atoms with E-state index in [9.17, 15) is 4.79 Å². The summed E-state index contributed by atoms with van der Waals surface area (Å²) >= 11 is 0. The lowest BCUT2D eigenvalue weighted by molar-refractivity contribution is 0.557. The minimum atomic E-state index is -0.536. The molecule has 1 aromatic carbocycles. The van der Waals surface area contributed by atoms with Gasteiger partial charge in [0.15, 0.2) is 0 Å². The molecule has 0 amide bonds. The molecule has 0 atom stereocenters. The monoisotopic (exact) mass is 246 g/mol. The molecule has 0 aliphatic rings. The fourth-order valence-electron chi connectivity index (χ4n) is 1.77. The van der Waals surface area contributed by atoms with Crippen molar-refractivity contribution >= 4 is 21.9 Å². The Bertz CT molecular complexity index is 652. The molecule has 17 heavy (non-hydrogen) atoms. The molecule has 0 aliphatic heterocycles. The maximum Gasteiger partial charge on any atom is 0.354 e. The van der Waals surface area contributed by atoms with Crippen LogP contribution < -0.4 is 5.63 Å². The predicted molar refractivity (Wildman–Crippen MR) is 70.1 cm³/mol. The molecule has 0 saturated heterocycles. The summed E-state index contributed by atoms with van der Waals surface area (Å²) in [6.45, 7) is 0. The standard InChI is InChI=1S/C13H12NO2S/c1-17(2)8-11-9-5-3-4-6-12(9)16-13(15)10(11)7-14/h3-6H,8H2,1-2H3/q+1. The highest BCUT2D eigenvalue weighted by Crippen LogP contribution is 2.21. The third-order valence-electron chi connectivity index (χ3n) is 2.47. The Morgan fingerprint density at radius 3 is 2.71 bits per heavy atom. The van der Waals surface area contributed by atoms with Crippen molar-refractivity contribution in [2.45, 2.75) is 5.75 Å². The maximum absolute atomic E-state index is 11.7. The van der Waals surface area contributed by atoms with Gasteiger partial charge in [0.1, 0.15) is 23.0 Å². The molecule has 1 aromatic heterocycles. The largest absolute Gasteiger partial charge is 0.422 e. The third kappa shape index (κ3) is 2.20. The van der Waals surface area contributed by atoms with E-state index in [1.54, 1.807) is 6.07 Å². The van der Waals surface area contributed by atoms with Gasteiger partial charge in [-0.2, -0.15) is 5.26 Å². The normalized spacial score (nSPS) is 10.7. The van der Waals surface area contributed by atoms with E-state index < -0.39 is 5.63 Å². The Balaban J connectivity index is 2.83. The van der Waals surface area contributed by atoms with Crippen molar-refractivity contribution in [2.75, 3.05) is 12.5 Å². The molecule has 0 radical (unpaired) electrons. The highest BCUT2D eigenvalue weighted by Gasteiger charge is 2.18. The van der Waals surface area contributed by atoms with Crippen LogP contribution in [0.25, 0.3) is 11.0 Å². The first kappa shape index (κ1) is 11.7. The zero-order chi connectivity index (χ0) is 12.4. The first-order chi connectivity index (χ1) is 8.13. The van der Waals surface area contributed by atoms with Crippen molar-refractivity contribution in [2.24, 2.45) is 0 Å². The van der Waals surface area contributed by atoms with Gasteiger partial charge in [-0.25, -0.2) is 4.79 Å². The Hall–Kier alpha value is -1.73. The Labute approximate surface area is 102 Å². The smallest absolute Gasteiger partial charge is 0.354 e. The first-order valence-electron chi connectivity index (χ1n) is 5.12. The number of fused-ring (bicyclic) bond motifs is 1. The lowest BCUT2D eigenvalue weighted by Gasteiger charge is -2.05. The molecule has 0 fully saturated rings. The molecule has 0 bridgehead atoms. The third-order valence-corrected chi connectivity index (χ3v) is 3.33. The van der Waals surface area contributed by atoms with Crippen LogP contribution in [-0.2, 0) is 16.6 Å². The van der Waals surface area contributed by atoms with Crippen LogP contribution in [-0.4, -0.2) is 12.5 Å². The van der Waals surface area contributed by atoms with Gasteiger partial charge in [-0.1, -0.05) is 18.2 Å². The summed E-state index contributed by atoms with van der Waals surface area (Å²) in [7, 11) is 0.126.